The fourth-order valence-corrected chi connectivity index (χ4v) is 6.04. The van der Waals surface area contributed by atoms with E-state index in [2.05, 4.69) is 22.5 Å². The second kappa shape index (κ2) is 7.93. The van der Waals surface area contributed by atoms with E-state index in [-0.39, 0.29) is 23.3 Å². The smallest absolute Gasteiger partial charge is 0.242 e. The molecule has 7 heteroatoms. The SMILES string of the molecule is CC1(C[C@H](NC(=O)C2(c3ccc(Cl)cc3Cl)CC2)C(=O)NC2CN3CCC2CC3)CC1. The lowest BCUT2D eigenvalue weighted by Crippen LogP contribution is -2.60. The summed E-state index contributed by atoms with van der Waals surface area (Å²) in [5.74, 6) is 0.442. The highest BCUT2D eigenvalue weighted by molar-refractivity contribution is 6.35. The summed E-state index contributed by atoms with van der Waals surface area (Å²) in [6, 6.07) is 5.01. The Balaban J connectivity index is 1.30. The van der Waals surface area contributed by atoms with E-state index in [1.54, 1.807) is 12.1 Å². The van der Waals surface area contributed by atoms with Crippen LogP contribution < -0.4 is 10.6 Å². The lowest BCUT2D eigenvalue weighted by atomic mass is 9.83. The summed E-state index contributed by atoms with van der Waals surface area (Å²) >= 11 is 12.5. The second-order valence-electron chi connectivity index (χ2n) is 10.5. The number of fused-ring (bicyclic) bond motifs is 3. The van der Waals surface area contributed by atoms with Crippen molar-refractivity contribution in [3.63, 3.8) is 0 Å². The van der Waals surface area contributed by atoms with Crippen molar-refractivity contribution in [3.8, 4) is 0 Å². The van der Waals surface area contributed by atoms with Crippen LogP contribution in [0, 0.1) is 11.3 Å². The third kappa shape index (κ3) is 4.34. The normalized spacial score (nSPS) is 30.4. The molecule has 0 spiro atoms. The predicted molar refractivity (Wildman–Crippen MR) is 122 cm³/mol. The van der Waals surface area contributed by atoms with E-state index in [1.165, 1.54) is 0 Å². The summed E-state index contributed by atoms with van der Waals surface area (Å²) in [4.78, 5) is 29.2. The first kappa shape index (κ1) is 21.5. The van der Waals surface area contributed by atoms with Crippen molar-refractivity contribution < 1.29 is 9.59 Å². The molecule has 3 saturated heterocycles. The number of carbonyl (C=O) groups excluding carboxylic acids is 2. The molecule has 1 aromatic rings. The minimum atomic E-state index is -0.639. The van der Waals surface area contributed by atoms with Crippen LogP contribution in [0.2, 0.25) is 10.0 Å². The average molecular weight is 464 g/mol. The van der Waals surface area contributed by atoms with E-state index >= 15 is 0 Å². The summed E-state index contributed by atoms with van der Waals surface area (Å²) in [6.45, 7) is 5.41. The van der Waals surface area contributed by atoms with Crippen LogP contribution in [0.25, 0.3) is 0 Å². The van der Waals surface area contributed by atoms with Gasteiger partial charge in [-0.05, 0) is 87.1 Å². The van der Waals surface area contributed by atoms with Gasteiger partial charge < -0.3 is 15.5 Å². The highest BCUT2D eigenvalue weighted by atomic mass is 35.5. The Morgan fingerprint density at radius 3 is 2.42 bits per heavy atom. The molecule has 0 radical (unpaired) electrons. The Hall–Kier alpha value is -1.30. The Kier molecular flexibility index (Phi) is 5.51. The topological polar surface area (TPSA) is 61.4 Å². The summed E-state index contributed by atoms with van der Waals surface area (Å²) in [5, 5.41) is 7.50. The maximum atomic E-state index is 13.4. The van der Waals surface area contributed by atoms with Crippen molar-refractivity contribution in [3.05, 3.63) is 33.8 Å². The van der Waals surface area contributed by atoms with Gasteiger partial charge in [-0.15, -0.1) is 0 Å². The molecule has 5 nitrogen and oxygen atoms in total. The van der Waals surface area contributed by atoms with Crippen LogP contribution in [0.3, 0.4) is 0 Å². The van der Waals surface area contributed by atoms with E-state index in [1.807, 2.05) is 6.07 Å². The Bertz CT molecular complexity index is 889. The van der Waals surface area contributed by atoms with Gasteiger partial charge in [0.05, 0.1) is 5.41 Å². The van der Waals surface area contributed by atoms with Gasteiger partial charge in [-0.2, -0.15) is 0 Å². The standard InChI is InChI=1S/C24H31Cl2N3O2/c1-23(6-7-23)13-19(21(30)27-20-14-29-10-4-15(20)5-11-29)28-22(31)24(8-9-24)17-3-2-16(25)12-18(17)26/h2-3,12,15,19-20H,4-11,13-14H2,1H3,(H,27,30)(H,28,31)/t19-,20?/m0/s1. The lowest BCUT2D eigenvalue weighted by molar-refractivity contribution is -0.132. The lowest BCUT2D eigenvalue weighted by Gasteiger charge is -2.45. The number of benzene rings is 1. The van der Waals surface area contributed by atoms with Gasteiger partial charge in [-0.25, -0.2) is 0 Å². The van der Waals surface area contributed by atoms with Crippen molar-refractivity contribution in [1.29, 1.82) is 0 Å². The van der Waals surface area contributed by atoms with Gasteiger partial charge in [0.1, 0.15) is 6.04 Å². The molecular formula is C24H31Cl2N3O2. The molecule has 2 bridgehead atoms. The quantitative estimate of drug-likeness (QED) is 0.644. The number of nitrogens with one attached hydrogen (secondary N) is 2. The molecule has 3 heterocycles. The van der Waals surface area contributed by atoms with E-state index in [4.69, 9.17) is 23.2 Å². The monoisotopic (exact) mass is 463 g/mol. The summed E-state index contributed by atoms with van der Waals surface area (Å²) in [7, 11) is 0. The van der Waals surface area contributed by atoms with Crippen LogP contribution in [0.15, 0.2) is 18.2 Å². The van der Waals surface area contributed by atoms with Crippen LogP contribution in [-0.2, 0) is 15.0 Å². The van der Waals surface area contributed by atoms with Crippen molar-refractivity contribution >= 4 is 35.0 Å². The fraction of sp³-hybridized carbons (Fsp3) is 0.667. The van der Waals surface area contributed by atoms with Crippen molar-refractivity contribution in [2.75, 3.05) is 19.6 Å². The van der Waals surface area contributed by atoms with E-state index in [9.17, 15) is 9.59 Å². The number of halogens is 2. The summed E-state index contributed by atoms with van der Waals surface area (Å²) in [6.07, 6.45) is 6.70. The van der Waals surface area contributed by atoms with Crippen molar-refractivity contribution in [1.82, 2.24) is 15.5 Å². The largest absolute Gasteiger partial charge is 0.350 e. The third-order valence-corrected chi connectivity index (χ3v) is 8.59. The molecule has 3 aliphatic heterocycles. The van der Waals surface area contributed by atoms with Crippen LogP contribution in [0.1, 0.15) is 57.4 Å². The van der Waals surface area contributed by atoms with E-state index in [0.717, 1.165) is 63.7 Å². The van der Waals surface area contributed by atoms with Gasteiger partial charge in [0.15, 0.2) is 0 Å². The number of carbonyl (C=O) groups is 2. The number of rotatable bonds is 7. The number of piperidine rings is 3. The van der Waals surface area contributed by atoms with Crippen LogP contribution in [-0.4, -0.2) is 48.4 Å². The molecule has 1 aromatic carbocycles. The second-order valence-corrected chi connectivity index (χ2v) is 11.3. The van der Waals surface area contributed by atoms with Crippen LogP contribution >= 0.6 is 23.2 Å². The molecule has 0 aromatic heterocycles. The fourth-order valence-electron chi connectivity index (χ4n) is 5.45. The average Bonchev–Trinajstić information content (AvgIpc) is 3.66. The van der Waals surface area contributed by atoms with Gasteiger partial charge in [0, 0.05) is 22.6 Å². The first-order chi connectivity index (χ1) is 14.8. The summed E-state index contributed by atoms with van der Waals surface area (Å²) < 4.78 is 0. The molecule has 2 amide bonds. The molecular weight excluding hydrogens is 433 g/mol. The summed E-state index contributed by atoms with van der Waals surface area (Å²) in [5.41, 5.74) is 0.324. The molecule has 1 unspecified atom stereocenters. The molecule has 5 aliphatic rings. The first-order valence-electron chi connectivity index (χ1n) is 11.6. The highest BCUT2D eigenvalue weighted by Gasteiger charge is 2.53. The zero-order valence-electron chi connectivity index (χ0n) is 18.1. The van der Waals surface area contributed by atoms with E-state index < -0.39 is 11.5 Å². The zero-order valence-corrected chi connectivity index (χ0v) is 19.6. The molecule has 168 valence electrons. The van der Waals surface area contributed by atoms with Gasteiger partial charge in [-0.1, -0.05) is 36.2 Å². The van der Waals surface area contributed by atoms with Crippen LogP contribution in [0.5, 0.6) is 0 Å². The Morgan fingerprint density at radius 1 is 1.16 bits per heavy atom. The first-order valence-corrected chi connectivity index (χ1v) is 12.3. The van der Waals surface area contributed by atoms with Gasteiger partial charge in [0.25, 0.3) is 0 Å². The molecule has 31 heavy (non-hydrogen) atoms. The van der Waals surface area contributed by atoms with E-state index in [0.29, 0.717) is 22.4 Å². The Labute approximate surface area is 194 Å². The molecule has 2 aliphatic carbocycles. The number of nitrogens with zero attached hydrogens (tertiary/aromatic N) is 1. The molecule has 5 fully saturated rings. The van der Waals surface area contributed by atoms with Crippen molar-refractivity contribution in [2.24, 2.45) is 11.3 Å². The van der Waals surface area contributed by atoms with Gasteiger partial charge in [-0.3, -0.25) is 9.59 Å². The van der Waals surface area contributed by atoms with Gasteiger partial charge in [0.2, 0.25) is 11.8 Å². The Morgan fingerprint density at radius 2 is 1.87 bits per heavy atom. The maximum absolute atomic E-state index is 13.4. The molecule has 2 N–H and O–H groups in total. The maximum Gasteiger partial charge on any atom is 0.242 e. The minimum absolute atomic E-state index is 0.0294. The third-order valence-electron chi connectivity index (χ3n) is 8.04. The number of hydrogen-bond acceptors (Lipinski definition) is 3. The van der Waals surface area contributed by atoms with Crippen LogP contribution in [0.4, 0.5) is 0 Å². The minimum Gasteiger partial charge on any atom is -0.350 e. The van der Waals surface area contributed by atoms with Gasteiger partial charge >= 0.3 is 0 Å². The number of hydrogen-bond donors (Lipinski definition) is 2. The van der Waals surface area contributed by atoms with Crippen molar-refractivity contribution in [2.45, 2.75) is 69.4 Å². The predicted octanol–water partition coefficient (Wildman–Crippen LogP) is 3.91. The molecule has 2 atom stereocenters. The molecule has 2 saturated carbocycles. The number of amides is 2. The molecule has 6 rings (SSSR count). The zero-order chi connectivity index (χ0) is 21.8. The highest BCUT2D eigenvalue weighted by Crippen LogP contribution is 2.52.